The van der Waals surface area contributed by atoms with Gasteiger partial charge in [-0.05, 0) is 50.0 Å². The second-order valence-corrected chi connectivity index (χ2v) is 6.16. The van der Waals surface area contributed by atoms with Gasteiger partial charge in [0.1, 0.15) is 5.75 Å². The molecule has 1 aromatic carbocycles. The van der Waals surface area contributed by atoms with Crippen LogP contribution in [0.2, 0.25) is 0 Å². The summed E-state index contributed by atoms with van der Waals surface area (Å²) in [7, 11) is 1.58. The fraction of sp³-hybridized carbons (Fsp3) is 0.588. The molecule has 0 aromatic heterocycles. The highest BCUT2D eigenvalue weighted by molar-refractivity contribution is 5.85. The quantitative estimate of drug-likeness (QED) is 0.744. The highest BCUT2D eigenvalue weighted by Crippen LogP contribution is 2.29. The number of amides is 1. The zero-order chi connectivity index (χ0) is 18.3. The summed E-state index contributed by atoms with van der Waals surface area (Å²) in [5, 5.41) is 6.15. The van der Waals surface area contributed by atoms with E-state index in [1.807, 2.05) is 0 Å². The second-order valence-electron chi connectivity index (χ2n) is 6.16. The van der Waals surface area contributed by atoms with E-state index in [-0.39, 0.29) is 24.1 Å². The molecule has 0 saturated carbocycles. The monoisotopic (exact) mass is 396 g/mol. The first-order chi connectivity index (χ1) is 11.8. The van der Waals surface area contributed by atoms with E-state index in [9.17, 15) is 18.0 Å². The first-order valence-corrected chi connectivity index (χ1v) is 8.17. The highest BCUT2D eigenvalue weighted by Gasteiger charge is 2.39. The molecule has 1 amide bonds. The number of carbonyl (C=O) groups is 1. The van der Waals surface area contributed by atoms with Crippen LogP contribution < -0.4 is 15.4 Å². The smallest absolute Gasteiger partial charge is 0.406 e. The van der Waals surface area contributed by atoms with Crippen LogP contribution in [0.4, 0.5) is 13.2 Å². The highest BCUT2D eigenvalue weighted by atomic mass is 35.5. The minimum absolute atomic E-state index is 0. The van der Waals surface area contributed by atoms with Crippen LogP contribution in [0, 0.1) is 5.41 Å². The number of hydrogen-bond donors (Lipinski definition) is 2. The van der Waals surface area contributed by atoms with Crippen molar-refractivity contribution < 1.29 is 27.4 Å². The van der Waals surface area contributed by atoms with Gasteiger partial charge in [0, 0.05) is 13.7 Å². The predicted molar refractivity (Wildman–Crippen MR) is 93.5 cm³/mol. The van der Waals surface area contributed by atoms with E-state index in [4.69, 9.17) is 4.74 Å². The van der Waals surface area contributed by atoms with Crippen molar-refractivity contribution in [3.05, 3.63) is 29.8 Å². The third-order valence-electron chi connectivity index (χ3n) is 4.32. The number of halogens is 4. The standard InChI is InChI=1S/C17H23F3N2O3.ClH/c1-24-12-16(7-10-21-11-8-16)15(23)22-9-6-13-2-4-14(5-3-13)25-17(18,19)20;/h2-5,21H,6-12H2,1H3,(H,22,23);1H. The van der Waals surface area contributed by atoms with Crippen molar-refractivity contribution in [1.29, 1.82) is 0 Å². The molecule has 1 aliphatic heterocycles. The molecule has 0 unspecified atom stereocenters. The summed E-state index contributed by atoms with van der Waals surface area (Å²) in [6.07, 6.45) is -2.73. The molecule has 2 N–H and O–H groups in total. The number of piperidine rings is 1. The zero-order valence-corrected chi connectivity index (χ0v) is 15.3. The maximum Gasteiger partial charge on any atom is 0.573 e. The maximum absolute atomic E-state index is 12.5. The van der Waals surface area contributed by atoms with Gasteiger partial charge < -0.3 is 20.1 Å². The summed E-state index contributed by atoms with van der Waals surface area (Å²) in [6, 6.07) is 5.65. The number of benzene rings is 1. The Bertz CT molecular complexity index is 556. The van der Waals surface area contributed by atoms with Crippen LogP contribution in [-0.2, 0) is 16.0 Å². The molecule has 26 heavy (non-hydrogen) atoms. The lowest BCUT2D eigenvalue weighted by molar-refractivity contribution is -0.274. The van der Waals surface area contributed by atoms with Crippen molar-refractivity contribution in [3.8, 4) is 5.75 Å². The minimum atomic E-state index is -4.69. The van der Waals surface area contributed by atoms with Crippen LogP contribution >= 0.6 is 12.4 Å². The van der Waals surface area contributed by atoms with Crippen LogP contribution in [0.25, 0.3) is 0 Å². The summed E-state index contributed by atoms with van der Waals surface area (Å²) in [6.45, 7) is 2.34. The molecule has 148 valence electrons. The van der Waals surface area contributed by atoms with Gasteiger partial charge in [0.25, 0.3) is 0 Å². The van der Waals surface area contributed by atoms with Gasteiger partial charge in [-0.25, -0.2) is 0 Å². The third kappa shape index (κ3) is 6.66. The average molecular weight is 397 g/mol. The van der Waals surface area contributed by atoms with Crippen LogP contribution in [0.3, 0.4) is 0 Å². The maximum atomic E-state index is 12.5. The van der Waals surface area contributed by atoms with Gasteiger partial charge in [0.15, 0.2) is 0 Å². The van der Waals surface area contributed by atoms with E-state index >= 15 is 0 Å². The largest absolute Gasteiger partial charge is 0.573 e. The molecule has 0 atom stereocenters. The predicted octanol–water partition coefficient (Wildman–Crippen LogP) is 2.68. The lowest BCUT2D eigenvalue weighted by Gasteiger charge is -2.35. The molecule has 0 radical (unpaired) electrons. The van der Waals surface area contributed by atoms with Crippen molar-refractivity contribution in [3.63, 3.8) is 0 Å². The topological polar surface area (TPSA) is 59.6 Å². The number of ether oxygens (including phenoxy) is 2. The molecule has 0 aliphatic carbocycles. The Labute approximate surface area is 157 Å². The summed E-state index contributed by atoms with van der Waals surface area (Å²) in [5.74, 6) is -0.290. The van der Waals surface area contributed by atoms with E-state index in [2.05, 4.69) is 15.4 Å². The van der Waals surface area contributed by atoms with E-state index in [1.165, 1.54) is 12.1 Å². The molecular formula is C17H24ClF3N2O3. The Balaban J connectivity index is 0.00000338. The fourth-order valence-electron chi connectivity index (χ4n) is 2.98. The number of nitrogens with one attached hydrogen (secondary N) is 2. The molecule has 9 heteroatoms. The second kappa shape index (κ2) is 9.99. The Morgan fingerprint density at radius 3 is 2.38 bits per heavy atom. The van der Waals surface area contributed by atoms with Gasteiger partial charge in [-0.3, -0.25) is 4.79 Å². The number of methoxy groups -OCH3 is 1. The number of hydrogen-bond acceptors (Lipinski definition) is 4. The van der Waals surface area contributed by atoms with Gasteiger partial charge in [-0.1, -0.05) is 12.1 Å². The molecular weight excluding hydrogens is 373 g/mol. The fourth-order valence-corrected chi connectivity index (χ4v) is 2.98. The first kappa shape index (κ1) is 22.5. The summed E-state index contributed by atoms with van der Waals surface area (Å²) < 4.78 is 45.4. The Hall–Kier alpha value is -1.51. The molecule has 0 spiro atoms. The van der Waals surface area contributed by atoms with Crippen molar-refractivity contribution in [2.24, 2.45) is 5.41 Å². The van der Waals surface area contributed by atoms with E-state index in [0.717, 1.165) is 31.5 Å². The van der Waals surface area contributed by atoms with Crippen molar-refractivity contribution in [1.82, 2.24) is 10.6 Å². The summed E-state index contributed by atoms with van der Waals surface area (Å²) in [4.78, 5) is 12.5. The zero-order valence-electron chi connectivity index (χ0n) is 14.5. The van der Waals surface area contributed by atoms with E-state index in [1.54, 1.807) is 19.2 Å². The van der Waals surface area contributed by atoms with Gasteiger partial charge in [0.05, 0.1) is 12.0 Å². The molecule has 1 aromatic rings. The molecule has 1 heterocycles. The normalized spacial score (nSPS) is 16.5. The van der Waals surface area contributed by atoms with E-state index in [0.29, 0.717) is 19.6 Å². The Morgan fingerprint density at radius 1 is 1.23 bits per heavy atom. The SMILES string of the molecule is COCC1(C(=O)NCCc2ccc(OC(F)(F)F)cc2)CCNCC1.Cl. The van der Waals surface area contributed by atoms with Crippen molar-refractivity contribution in [2.45, 2.75) is 25.6 Å². The number of alkyl halides is 3. The van der Waals surface area contributed by atoms with Crippen LogP contribution in [0.1, 0.15) is 18.4 Å². The Morgan fingerprint density at radius 2 is 1.85 bits per heavy atom. The Kier molecular flexibility index (Phi) is 8.66. The van der Waals surface area contributed by atoms with Crippen molar-refractivity contribution >= 4 is 18.3 Å². The average Bonchev–Trinajstić information content (AvgIpc) is 2.56. The lowest BCUT2D eigenvalue weighted by atomic mass is 9.78. The van der Waals surface area contributed by atoms with Crippen LogP contribution in [0.15, 0.2) is 24.3 Å². The molecule has 1 fully saturated rings. The number of carbonyl (C=O) groups excluding carboxylic acids is 1. The minimum Gasteiger partial charge on any atom is -0.406 e. The molecule has 0 bridgehead atoms. The summed E-state index contributed by atoms with van der Waals surface area (Å²) in [5.41, 5.74) is 0.311. The molecule has 1 aliphatic rings. The summed E-state index contributed by atoms with van der Waals surface area (Å²) >= 11 is 0. The molecule has 2 rings (SSSR count). The van der Waals surface area contributed by atoms with Crippen LogP contribution in [0.5, 0.6) is 5.75 Å². The molecule has 5 nitrogen and oxygen atoms in total. The first-order valence-electron chi connectivity index (χ1n) is 8.17. The third-order valence-corrected chi connectivity index (χ3v) is 4.32. The van der Waals surface area contributed by atoms with Crippen molar-refractivity contribution in [2.75, 3.05) is 33.4 Å². The molecule has 1 saturated heterocycles. The van der Waals surface area contributed by atoms with Gasteiger partial charge >= 0.3 is 6.36 Å². The van der Waals surface area contributed by atoms with E-state index < -0.39 is 11.8 Å². The lowest BCUT2D eigenvalue weighted by Crippen LogP contribution is -2.50. The number of rotatable bonds is 7. The van der Waals surface area contributed by atoms with Gasteiger partial charge in [0.2, 0.25) is 5.91 Å². The van der Waals surface area contributed by atoms with Gasteiger partial charge in [-0.2, -0.15) is 0 Å². The van der Waals surface area contributed by atoms with Gasteiger partial charge in [-0.15, -0.1) is 25.6 Å². The van der Waals surface area contributed by atoms with Crippen LogP contribution in [-0.4, -0.2) is 45.6 Å².